The molecule has 1 fully saturated rings. The van der Waals surface area contributed by atoms with E-state index in [-0.39, 0.29) is 23.8 Å². The fraction of sp³-hybridized carbons (Fsp3) is 0.350. The summed E-state index contributed by atoms with van der Waals surface area (Å²) in [6, 6.07) is 12.2. The van der Waals surface area contributed by atoms with Crippen LogP contribution in [0.15, 0.2) is 42.5 Å². The van der Waals surface area contributed by atoms with Gasteiger partial charge in [-0.2, -0.15) is 0 Å². The maximum absolute atomic E-state index is 12.4. The van der Waals surface area contributed by atoms with Crippen LogP contribution in [0.3, 0.4) is 0 Å². The van der Waals surface area contributed by atoms with Crippen molar-refractivity contribution in [2.75, 3.05) is 45.2 Å². The second-order valence-electron chi connectivity index (χ2n) is 6.87. The van der Waals surface area contributed by atoms with Gasteiger partial charge in [0.2, 0.25) is 5.91 Å². The highest BCUT2D eigenvalue weighted by Gasteiger charge is 2.21. The van der Waals surface area contributed by atoms with Gasteiger partial charge in [0.1, 0.15) is 11.4 Å². The van der Waals surface area contributed by atoms with Crippen molar-refractivity contribution >= 4 is 28.9 Å². The molecule has 0 spiro atoms. The van der Waals surface area contributed by atoms with Crippen molar-refractivity contribution in [3.8, 4) is 5.75 Å². The lowest BCUT2D eigenvalue weighted by atomic mass is 10.2. The van der Waals surface area contributed by atoms with E-state index in [9.17, 15) is 14.9 Å². The largest absolute Gasteiger partial charge is 0.496 e. The van der Waals surface area contributed by atoms with Crippen LogP contribution in [0, 0.1) is 10.1 Å². The second kappa shape index (κ2) is 9.69. The number of methoxy groups -OCH3 is 1. The number of amides is 1. The van der Waals surface area contributed by atoms with Gasteiger partial charge in [-0.25, -0.2) is 0 Å². The molecule has 0 atom stereocenters. The minimum absolute atomic E-state index is 0.169. The summed E-state index contributed by atoms with van der Waals surface area (Å²) >= 11 is 5.92. The highest BCUT2D eigenvalue weighted by Crippen LogP contribution is 2.28. The van der Waals surface area contributed by atoms with Crippen molar-refractivity contribution in [1.29, 1.82) is 0 Å². The van der Waals surface area contributed by atoms with Gasteiger partial charge < -0.3 is 10.1 Å². The predicted molar refractivity (Wildman–Crippen MR) is 111 cm³/mol. The van der Waals surface area contributed by atoms with E-state index in [0.29, 0.717) is 5.75 Å². The Kier molecular flexibility index (Phi) is 7.03. The van der Waals surface area contributed by atoms with Gasteiger partial charge >= 0.3 is 0 Å². The molecule has 0 aromatic heterocycles. The molecule has 0 bridgehead atoms. The predicted octanol–water partition coefficient (Wildman–Crippen LogP) is 3.01. The number of benzene rings is 2. The van der Waals surface area contributed by atoms with Gasteiger partial charge in [0.05, 0.1) is 24.6 Å². The monoisotopic (exact) mass is 418 g/mol. The number of rotatable bonds is 7. The number of halogens is 1. The van der Waals surface area contributed by atoms with Gasteiger partial charge in [-0.1, -0.05) is 23.7 Å². The van der Waals surface area contributed by atoms with Crippen LogP contribution >= 0.6 is 11.6 Å². The van der Waals surface area contributed by atoms with Crippen molar-refractivity contribution in [3.05, 3.63) is 63.2 Å². The van der Waals surface area contributed by atoms with Crippen molar-refractivity contribution in [2.45, 2.75) is 6.54 Å². The molecule has 1 amide bonds. The molecule has 0 radical (unpaired) electrons. The number of hydrogen-bond donors (Lipinski definition) is 1. The lowest BCUT2D eigenvalue weighted by Crippen LogP contribution is -2.48. The summed E-state index contributed by atoms with van der Waals surface area (Å²) < 4.78 is 5.01. The van der Waals surface area contributed by atoms with Crippen molar-refractivity contribution in [2.24, 2.45) is 0 Å². The highest BCUT2D eigenvalue weighted by molar-refractivity contribution is 6.30. The molecule has 29 heavy (non-hydrogen) atoms. The average molecular weight is 419 g/mol. The third kappa shape index (κ3) is 5.90. The summed E-state index contributed by atoms with van der Waals surface area (Å²) in [5, 5.41) is 14.6. The molecular weight excluding hydrogens is 396 g/mol. The normalized spacial score (nSPS) is 15.1. The van der Waals surface area contributed by atoms with Gasteiger partial charge in [0.25, 0.3) is 5.69 Å². The zero-order valence-corrected chi connectivity index (χ0v) is 16.9. The second-order valence-corrected chi connectivity index (χ2v) is 7.30. The van der Waals surface area contributed by atoms with E-state index in [2.05, 4.69) is 10.2 Å². The Labute approximate surface area is 174 Å². The molecule has 8 nitrogen and oxygen atoms in total. The highest BCUT2D eigenvalue weighted by atomic mass is 35.5. The van der Waals surface area contributed by atoms with E-state index in [0.717, 1.165) is 37.7 Å². The molecule has 0 aliphatic carbocycles. The molecule has 3 rings (SSSR count). The number of nitro groups is 1. The lowest BCUT2D eigenvalue weighted by molar-refractivity contribution is -0.384. The minimum Gasteiger partial charge on any atom is -0.496 e. The number of ether oxygens (including phenoxy) is 1. The Morgan fingerprint density at radius 1 is 1.14 bits per heavy atom. The number of nitrogens with one attached hydrogen (secondary N) is 1. The molecule has 0 saturated carbocycles. The molecule has 1 N–H and O–H groups in total. The first-order valence-electron chi connectivity index (χ1n) is 9.26. The molecule has 0 unspecified atom stereocenters. The first kappa shape index (κ1) is 21.0. The quantitative estimate of drug-likeness (QED) is 0.549. The van der Waals surface area contributed by atoms with E-state index in [1.54, 1.807) is 6.07 Å². The van der Waals surface area contributed by atoms with Crippen molar-refractivity contribution < 1.29 is 14.5 Å². The SMILES string of the molecule is COc1ccc(NC(=O)CN2CCN(Cc3ccc(Cl)cc3)CC2)c([N+](=O)[O-])c1. The van der Waals surface area contributed by atoms with Gasteiger partial charge in [-0.15, -0.1) is 0 Å². The van der Waals surface area contributed by atoms with Crippen LogP contribution in [-0.2, 0) is 11.3 Å². The fourth-order valence-corrected chi connectivity index (χ4v) is 3.37. The number of carbonyl (C=O) groups is 1. The number of anilines is 1. The maximum atomic E-state index is 12.4. The maximum Gasteiger partial charge on any atom is 0.296 e. The Morgan fingerprint density at radius 2 is 1.79 bits per heavy atom. The summed E-state index contributed by atoms with van der Waals surface area (Å²) in [7, 11) is 1.43. The van der Waals surface area contributed by atoms with Gasteiger partial charge in [-0.05, 0) is 29.8 Å². The van der Waals surface area contributed by atoms with Crippen LogP contribution in [0.25, 0.3) is 0 Å². The van der Waals surface area contributed by atoms with Gasteiger partial charge in [0.15, 0.2) is 0 Å². The molecule has 1 aliphatic heterocycles. The lowest BCUT2D eigenvalue weighted by Gasteiger charge is -2.34. The molecular formula is C20H23ClN4O4. The summed E-state index contributed by atoms with van der Waals surface area (Å²) in [6.07, 6.45) is 0. The molecule has 2 aromatic carbocycles. The smallest absolute Gasteiger partial charge is 0.296 e. The Morgan fingerprint density at radius 3 is 2.41 bits per heavy atom. The van der Waals surface area contributed by atoms with Crippen LogP contribution in [0.5, 0.6) is 5.75 Å². The molecule has 1 heterocycles. The fourth-order valence-electron chi connectivity index (χ4n) is 3.24. The van der Waals surface area contributed by atoms with Crippen LogP contribution in [0.4, 0.5) is 11.4 Å². The first-order valence-corrected chi connectivity index (χ1v) is 9.64. The minimum atomic E-state index is -0.534. The van der Waals surface area contributed by atoms with Crippen molar-refractivity contribution in [3.63, 3.8) is 0 Å². The third-order valence-corrected chi connectivity index (χ3v) is 5.08. The first-order chi connectivity index (χ1) is 13.9. The summed E-state index contributed by atoms with van der Waals surface area (Å²) in [5.41, 5.74) is 1.18. The summed E-state index contributed by atoms with van der Waals surface area (Å²) in [5.74, 6) is 0.0935. The van der Waals surface area contributed by atoms with Gasteiger partial charge in [0, 0.05) is 37.7 Å². The third-order valence-electron chi connectivity index (χ3n) is 4.83. The van der Waals surface area contributed by atoms with Crippen LogP contribution in [0.1, 0.15) is 5.56 Å². The van der Waals surface area contributed by atoms with E-state index < -0.39 is 4.92 Å². The van der Waals surface area contributed by atoms with Crippen LogP contribution in [0.2, 0.25) is 5.02 Å². The standard InChI is InChI=1S/C20H23ClN4O4/c1-29-17-6-7-18(19(12-17)25(27)28)22-20(26)14-24-10-8-23(9-11-24)13-15-2-4-16(21)5-3-15/h2-7,12H,8-11,13-14H2,1H3,(H,22,26). The summed E-state index contributed by atoms with van der Waals surface area (Å²) in [6.45, 7) is 4.24. The number of carbonyl (C=O) groups excluding carboxylic acids is 1. The average Bonchev–Trinajstić information content (AvgIpc) is 2.71. The van der Waals surface area contributed by atoms with Gasteiger partial charge in [-0.3, -0.25) is 24.7 Å². The van der Waals surface area contributed by atoms with Crippen molar-refractivity contribution in [1.82, 2.24) is 9.80 Å². The van der Waals surface area contributed by atoms with Crippen LogP contribution < -0.4 is 10.1 Å². The number of piperazine rings is 1. The zero-order valence-electron chi connectivity index (χ0n) is 16.1. The van der Waals surface area contributed by atoms with Crippen LogP contribution in [-0.4, -0.2) is 60.5 Å². The summed E-state index contributed by atoms with van der Waals surface area (Å²) in [4.78, 5) is 27.5. The number of nitrogens with zero attached hydrogens (tertiary/aromatic N) is 3. The number of hydrogen-bond acceptors (Lipinski definition) is 6. The molecule has 1 saturated heterocycles. The molecule has 9 heteroatoms. The van der Waals surface area contributed by atoms with E-state index in [1.165, 1.54) is 24.8 Å². The molecule has 1 aliphatic rings. The molecule has 154 valence electrons. The zero-order chi connectivity index (χ0) is 20.8. The topological polar surface area (TPSA) is 88.0 Å². The number of nitro benzene ring substituents is 1. The van der Waals surface area contributed by atoms with E-state index in [4.69, 9.17) is 16.3 Å². The van der Waals surface area contributed by atoms with E-state index in [1.807, 2.05) is 29.2 Å². The Balaban J connectivity index is 1.50. The molecule has 2 aromatic rings. The van der Waals surface area contributed by atoms with E-state index >= 15 is 0 Å². The Hall–Kier alpha value is -2.68. The Bertz CT molecular complexity index is 867.